The van der Waals surface area contributed by atoms with Gasteiger partial charge in [0, 0.05) is 23.9 Å². The van der Waals surface area contributed by atoms with Gasteiger partial charge in [0.1, 0.15) is 10.6 Å². The van der Waals surface area contributed by atoms with Crippen molar-refractivity contribution in [2.75, 3.05) is 18.4 Å². The van der Waals surface area contributed by atoms with Gasteiger partial charge < -0.3 is 10.1 Å². The summed E-state index contributed by atoms with van der Waals surface area (Å²) in [6.07, 6.45) is 6.16. The van der Waals surface area contributed by atoms with Gasteiger partial charge in [0.25, 0.3) is 0 Å². The fourth-order valence-corrected chi connectivity index (χ4v) is 5.22. The molecule has 0 atom stereocenters. The Labute approximate surface area is 166 Å². The number of hydrogen-bond donors (Lipinski definition) is 1. The Balaban J connectivity index is 1.88. The maximum Gasteiger partial charge on any atom is 0.341 e. The van der Waals surface area contributed by atoms with E-state index in [-0.39, 0.29) is 17.8 Å². The van der Waals surface area contributed by atoms with E-state index in [4.69, 9.17) is 4.74 Å². The summed E-state index contributed by atoms with van der Waals surface area (Å²) >= 11 is 1.55. The molecule has 0 aromatic carbocycles. The number of hydrogen-bond acceptors (Lipinski definition) is 5. The van der Waals surface area contributed by atoms with Crippen LogP contribution in [-0.4, -0.2) is 35.5 Å². The first kappa shape index (κ1) is 20.3. The standard InChI is InChI=1S/C21H32N2O3S/c1-5-23-12-11-15-16(13-23)27-19(17(15)20(25)26-21(2,3)4)22-18(24)14-9-7-6-8-10-14/h14H,5-13H2,1-4H3,(H,22,24). The van der Waals surface area contributed by atoms with Crippen molar-refractivity contribution in [3.63, 3.8) is 0 Å². The van der Waals surface area contributed by atoms with E-state index in [2.05, 4.69) is 17.1 Å². The highest BCUT2D eigenvalue weighted by Crippen LogP contribution is 2.39. The molecule has 0 unspecified atom stereocenters. The zero-order chi connectivity index (χ0) is 19.6. The number of nitrogens with zero attached hydrogens (tertiary/aromatic N) is 1. The molecule has 1 aromatic heterocycles. The predicted octanol–water partition coefficient (Wildman–Crippen LogP) is 4.60. The summed E-state index contributed by atoms with van der Waals surface area (Å²) in [5.41, 5.74) is 1.10. The highest BCUT2D eigenvalue weighted by atomic mass is 32.1. The summed E-state index contributed by atoms with van der Waals surface area (Å²) in [5.74, 6) is -0.189. The van der Waals surface area contributed by atoms with Crippen LogP contribution in [0.25, 0.3) is 0 Å². The number of anilines is 1. The number of esters is 1. The number of carbonyl (C=O) groups is 2. The summed E-state index contributed by atoms with van der Waals surface area (Å²) < 4.78 is 5.67. The average molecular weight is 393 g/mol. The molecule has 1 aliphatic carbocycles. The number of likely N-dealkylation sites (N-methyl/N-ethyl adjacent to an activating group) is 1. The van der Waals surface area contributed by atoms with Crippen LogP contribution in [0.5, 0.6) is 0 Å². The van der Waals surface area contributed by atoms with Gasteiger partial charge in [0.05, 0.1) is 5.56 Å². The third-order valence-corrected chi connectivity index (χ3v) is 6.53. The minimum Gasteiger partial charge on any atom is -0.456 e. The van der Waals surface area contributed by atoms with Gasteiger partial charge in [0.15, 0.2) is 0 Å². The minimum absolute atomic E-state index is 0.0606. The second-order valence-electron chi connectivity index (χ2n) is 8.65. The SMILES string of the molecule is CCN1CCc2c(sc(NC(=O)C3CCCCC3)c2C(=O)OC(C)(C)C)C1. The molecular formula is C21H32N2O3S. The molecule has 150 valence electrons. The first-order valence-corrected chi connectivity index (χ1v) is 11.0. The Kier molecular flexibility index (Phi) is 6.26. The number of thiophene rings is 1. The maximum absolute atomic E-state index is 12.9. The Morgan fingerprint density at radius 2 is 1.93 bits per heavy atom. The molecule has 0 radical (unpaired) electrons. The Morgan fingerprint density at radius 3 is 2.56 bits per heavy atom. The molecule has 0 bridgehead atoms. The van der Waals surface area contributed by atoms with Crippen molar-refractivity contribution in [2.24, 2.45) is 5.92 Å². The van der Waals surface area contributed by atoms with Gasteiger partial charge >= 0.3 is 5.97 Å². The van der Waals surface area contributed by atoms with Crippen LogP contribution in [0.1, 0.15) is 80.6 Å². The lowest BCUT2D eigenvalue weighted by molar-refractivity contribution is -0.120. The smallest absolute Gasteiger partial charge is 0.341 e. The monoisotopic (exact) mass is 392 g/mol. The van der Waals surface area contributed by atoms with Gasteiger partial charge in [-0.1, -0.05) is 26.2 Å². The fourth-order valence-electron chi connectivity index (χ4n) is 3.94. The van der Waals surface area contributed by atoms with Crippen molar-refractivity contribution >= 4 is 28.2 Å². The van der Waals surface area contributed by atoms with Crippen LogP contribution < -0.4 is 5.32 Å². The van der Waals surface area contributed by atoms with E-state index >= 15 is 0 Å². The van der Waals surface area contributed by atoms with Crippen LogP contribution >= 0.6 is 11.3 Å². The topological polar surface area (TPSA) is 58.6 Å². The van der Waals surface area contributed by atoms with Gasteiger partial charge in [-0.2, -0.15) is 0 Å². The average Bonchev–Trinajstić information content (AvgIpc) is 2.97. The fraction of sp³-hybridized carbons (Fsp3) is 0.714. The van der Waals surface area contributed by atoms with Crippen LogP contribution in [0.2, 0.25) is 0 Å². The first-order chi connectivity index (χ1) is 12.8. The van der Waals surface area contributed by atoms with Crippen LogP contribution in [0.4, 0.5) is 5.00 Å². The van der Waals surface area contributed by atoms with Gasteiger partial charge in [-0.3, -0.25) is 9.69 Å². The van der Waals surface area contributed by atoms with E-state index in [9.17, 15) is 9.59 Å². The highest BCUT2D eigenvalue weighted by molar-refractivity contribution is 7.17. The van der Waals surface area contributed by atoms with Crippen LogP contribution in [0.15, 0.2) is 0 Å². The van der Waals surface area contributed by atoms with Crippen molar-refractivity contribution < 1.29 is 14.3 Å². The van der Waals surface area contributed by atoms with E-state index in [0.717, 1.165) is 57.3 Å². The number of amides is 1. The van der Waals surface area contributed by atoms with E-state index < -0.39 is 5.60 Å². The van der Waals surface area contributed by atoms with Gasteiger partial charge in [-0.05, 0) is 52.1 Å². The van der Waals surface area contributed by atoms with Gasteiger partial charge in [0.2, 0.25) is 5.91 Å². The van der Waals surface area contributed by atoms with Crippen molar-refractivity contribution in [3.8, 4) is 0 Å². The first-order valence-electron chi connectivity index (χ1n) is 10.2. The quantitative estimate of drug-likeness (QED) is 0.761. The molecule has 1 fully saturated rings. The molecular weight excluding hydrogens is 360 g/mol. The molecule has 5 nitrogen and oxygen atoms in total. The van der Waals surface area contributed by atoms with Crippen LogP contribution in [-0.2, 0) is 22.5 Å². The second kappa shape index (κ2) is 8.31. The zero-order valence-corrected chi connectivity index (χ0v) is 17.8. The van der Waals surface area contributed by atoms with Crippen molar-refractivity contribution in [1.29, 1.82) is 0 Å². The molecule has 6 heteroatoms. The number of nitrogens with one attached hydrogen (secondary N) is 1. The molecule has 1 amide bonds. The molecule has 2 heterocycles. The molecule has 3 rings (SSSR count). The van der Waals surface area contributed by atoms with E-state index in [1.54, 1.807) is 11.3 Å². The normalized spacial score (nSPS) is 18.8. The van der Waals surface area contributed by atoms with Crippen molar-refractivity contribution in [2.45, 2.75) is 78.4 Å². The Bertz CT molecular complexity index is 699. The number of fused-ring (bicyclic) bond motifs is 1. The Hall–Kier alpha value is -1.40. The van der Waals surface area contributed by atoms with E-state index in [0.29, 0.717) is 10.6 Å². The zero-order valence-electron chi connectivity index (χ0n) is 17.0. The number of rotatable bonds is 4. The lowest BCUT2D eigenvalue weighted by Crippen LogP contribution is -2.31. The largest absolute Gasteiger partial charge is 0.456 e. The Morgan fingerprint density at radius 1 is 1.22 bits per heavy atom. The summed E-state index contributed by atoms with van der Waals surface area (Å²) in [4.78, 5) is 29.3. The van der Waals surface area contributed by atoms with Crippen molar-refractivity contribution in [1.82, 2.24) is 4.90 Å². The number of ether oxygens (including phenoxy) is 1. The molecule has 1 aromatic rings. The summed E-state index contributed by atoms with van der Waals surface area (Å²) in [7, 11) is 0. The molecule has 1 saturated carbocycles. The van der Waals surface area contributed by atoms with E-state index in [1.807, 2.05) is 20.8 Å². The lowest BCUT2D eigenvalue weighted by atomic mass is 9.88. The van der Waals surface area contributed by atoms with Crippen molar-refractivity contribution in [3.05, 3.63) is 16.0 Å². The molecule has 0 saturated heterocycles. The molecule has 27 heavy (non-hydrogen) atoms. The van der Waals surface area contributed by atoms with Gasteiger partial charge in [-0.15, -0.1) is 11.3 Å². The predicted molar refractivity (Wildman–Crippen MR) is 109 cm³/mol. The molecule has 1 N–H and O–H groups in total. The summed E-state index contributed by atoms with van der Waals surface area (Å²) in [6.45, 7) is 10.5. The van der Waals surface area contributed by atoms with Crippen LogP contribution in [0.3, 0.4) is 0 Å². The summed E-state index contributed by atoms with van der Waals surface area (Å²) in [6, 6.07) is 0. The molecule has 1 aliphatic heterocycles. The van der Waals surface area contributed by atoms with Gasteiger partial charge in [-0.25, -0.2) is 4.79 Å². The molecule has 0 spiro atoms. The second-order valence-corrected chi connectivity index (χ2v) is 9.76. The maximum atomic E-state index is 12.9. The highest BCUT2D eigenvalue weighted by Gasteiger charge is 2.32. The lowest BCUT2D eigenvalue weighted by Gasteiger charge is -2.26. The van der Waals surface area contributed by atoms with E-state index in [1.165, 1.54) is 11.3 Å². The summed E-state index contributed by atoms with van der Waals surface area (Å²) in [5, 5.41) is 3.78. The minimum atomic E-state index is -0.555. The molecule has 2 aliphatic rings. The van der Waals surface area contributed by atoms with Crippen LogP contribution in [0, 0.1) is 5.92 Å². The third kappa shape index (κ3) is 4.91. The number of carbonyl (C=O) groups excluding carboxylic acids is 2. The third-order valence-electron chi connectivity index (χ3n) is 5.40.